The Kier molecular flexibility index (Phi) is 1.79. The van der Waals surface area contributed by atoms with Gasteiger partial charge in [-0.05, 0) is 31.8 Å². The van der Waals surface area contributed by atoms with Crippen LogP contribution in [0.2, 0.25) is 0 Å². The summed E-state index contributed by atoms with van der Waals surface area (Å²) in [6.45, 7) is 7.79. The van der Waals surface area contributed by atoms with Crippen molar-refractivity contribution in [3.63, 3.8) is 0 Å². The molecule has 52 valence electrons. The van der Waals surface area contributed by atoms with Gasteiger partial charge in [-0.25, -0.2) is 0 Å². The molecule has 0 spiro atoms. The van der Waals surface area contributed by atoms with Gasteiger partial charge in [0, 0.05) is 12.2 Å². The monoisotopic (exact) mass is 125 g/mol. The average Bonchev–Trinajstić information content (AvgIpc) is 2.15. The average molecular weight is 125 g/mol. The molecule has 0 bridgehead atoms. The maximum Gasteiger partial charge on any atom is 0.0210 e. The third kappa shape index (κ3) is 1.09. The predicted molar refractivity (Wildman–Crippen MR) is 40.2 cm³/mol. The normalized spacial score (nSPS) is 26.8. The van der Waals surface area contributed by atoms with E-state index in [0.717, 1.165) is 12.5 Å². The van der Waals surface area contributed by atoms with Crippen LogP contribution in [0.3, 0.4) is 0 Å². The minimum Gasteiger partial charge on any atom is -0.388 e. The summed E-state index contributed by atoms with van der Waals surface area (Å²) in [5.41, 5.74) is 2.94. The molecule has 0 aromatic heterocycles. The highest BCUT2D eigenvalue weighted by Crippen LogP contribution is 2.21. The van der Waals surface area contributed by atoms with Crippen LogP contribution >= 0.6 is 0 Å². The van der Waals surface area contributed by atoms with E-state index in [4.69, 9.17) is 0 Å². The van der Waals surface area contributed by atoms with Crippen molar-refractivity contribution in [2.45, 2.75) is 27.2 Å². The Bertz CT molecular complexity index is 136. The molecule has 1 atom stereocenters. The van der Waals surface area contributed by atoms with Crippen LogP contribution in [0.15, 0.2) is 11.3 Å². The lowest BCUT2D eigenvalue weighted by molar-refractivity contribution is 0.608. The van der Waals surface area contributed by atoms with Crippen molar-refractivity contribution < 1.29 is 0 Å². The second kappa shape index (κ2) is 2.42. The fourth-order valence-electron chi connectivity index (χ4n) is 1.33. The van der Waals surface area contributed by atoms with E-state index in [2.05, 4.69) is 26.1 Å². The molecule has 0 saturated heterocycles. The number of rotatable bonds is 1. The summed E-state index contributed by atoms with van der Waals surface area (Å²) >= 11 is 0. The SMILES string of the molecule is CC[C@@H]1CNC(C)=C1C. The quantitative estimate of drug-likeness (QED) is 0.564. The summed E-state index contributed by atoms with van der Waals surface area (Å²) in [6, 6.07) is 0. The Morgan fingerprint density at radius 2 is 2.22 bits per heavy atom. The van der Waals surface area contributed by atoms with Gasteiger partial charge in [0.05, 0.1) is 0 Å². The zero-order valence-electron chi connectivity index (χ0n) is 6.49. The van der Waals surface area contributed by atoms with Crippen LogP contribution in [-0.4, -0.2) is 6.54 Å². The van der Waals surface area contributed by atoms with Crippen molar-refractivity contribution in [2.75, 3.05) is 6.54 Å². The number of nitrogens with one attached hydrogen (secondary N) is 1. The topological polar surface area (TPSA) is 12.0 Å². The Hall–Kier alpha value is -0.460. The molecule has 1 aliphatic heterocycles. The summed E-state index contributed by atoms with van der Waals surface area (Å²) in [5.74, 6) is 0.810. The summed E-state index contributed by atoms with van der Waals surface area (Å²) in [6.07, 6.45) is 1.27. The molecule has 0 aromatic carbocycles. The Balaban J connectivity index is 2.63. The number of allylic oxidation sites excluding steroid dienone is 1. The first-order valence-electron chi connectivity index (χ1n) is 3.67. The highest BCUT2D eigenvalue weighted by molar-refractivity contribution is 5.17. The number of hydrogen-bond acceptors (Lipinski definition) is 1. The van der Waals surface area contributed by atoms with E-state index in [9.17, 15) is 0 Å². The van der Waals surface area contributed by atoms with E-state index < -0.39 is 0 Å². The summed E-state index contributed by atoms with van der Waals surface area (Å²) in [7, 11) is 0. The van der Waals surface area contributed by atoms with Crippen LogP contribution in [0.1, 0.15) is 27.2 Å². The van der Waals surface area contributed by atoms with Crippen LogP contribution in [0.4, 0.5) is 0 Å². The van der Waals surface area contributed by atoms with Gasteiger partial charge in [0.15, 0.2) is 0 Å². The first-order chi connectivity index (χ1) is 4.25. The molecule has 1 heterocycles. The maximum atomic E-state index is 3.35. The van der Waals surface area contributed by atoms with Gasteiger partial charge >= 0.3 is 0 Å². The van der Waals surface area contributed by atoms with E-state index >= 15 is 0 Å². The van der Waals surface area contributed by atoms with Gasteiger partial charge in [-0.3, -0.25) is 0 Å². The zero-order valence-corrected chi connectivity index (χ0v) is 6.49. The van der Waals surface area contributed by atoms with Crippen molar-refractivity contribution in [3.05, 3.63) is 11.3 Å². The van der Waals surface area contributed by atoms with Crippen molar-refractivity contribution in [3.8, 4) is 0 Å². The molecule has 0 aliphatic carbocycles. The van der Waals surface area contributed by atoms with Gasteiger partial charge in [-0.15, -0.1) is 0 Å². The molecule has 0 saturated carbocycles. The molecule has 0 fully saturated rings. The van der Waals surface area contributed by atoms with E-state index in [1.165, 1.54) is 12.1 Å². The third-order valence-electron chi connectivity index (χ3n) is 2.31. The van der Waals surface area contributed by atoms with E-state index in [0.29, 0.717) is 0 Å². The van der Waals surface area contributed by atoms with Gasteiger partial charge in [-0.2, -0.15) is 0 Å². The van der Waals surface area contributed by atoms with E-state index in [-0.39, 0.29) is 0 Å². The van der Waals surface area contributed by atoms with Crippen molar-refractivity contribution in [1.29, 1.82) is 0 Å². The molecular formula is C8H15N. The van der Waals surface area contributed by atoms with Gasteiger partial charge in [-0.1, -0.05) is 6.92 Å². The lowest BCUT2D eigenvalue weighted by Crippen LogP contribution is -2.10. The molecule has 1 heteroatoms. The third-order valence-corrected chi connectivity index (χ3v) is 2.31. The molecule has 1 rings (SSSR count). The van der Waals surface area contributed by atoms with Crippen LogP contribution < -0.4 is 5.32 Å². The van der Waals surface area contributed by atoms with Crippen LogP contribution in [-0.2, 0) is 0 Å². The van der Waals surface area contributed by atoms with E-state index in [1.807, 2.05) is 0 Å². The first kappa shape index (κ1) is 6.66. The fraction of sp³-hybridized carbons (Fsp3) is 0.750. The van der Waals surface area contributed by atoms with Gasteiger partial charge < -0.3 is 5.32 Å². The zero-order chi connectivity index (χ0) is 6.85. The second-order valence-electron chi connectivity index (χ2n) is 2.79. The molecule has 0 unspecified atom stereocenters. The molecule has 0 amide bonds. The maximum absolute atomic E-state index is 3.35. The van der Waals surface area contributed by atoms with Crippen LogP contribution in [0, 0.1) is 5.92 Å². The minimum atomic E-state index is 0.810. The number of hydrogen-bond donors (Lipinski definition) is 1. The standard InChI is InChI=1S/C8H15N/c1-4-8-5-9-7(3)6(8)2/h8-9H,4-5H2,1-3H3/t8-/m1/s1. The summed E-state index contributed by atoms with van der Waals surface area (Å²) in [4.78, 5) is 0. The van der Waals surface area contributed by atoms with Gasteiger partial charge in [0.2, 0.25) is 0 Å². The fourth-order valence-corrected chi connectivity index (χ4v) is 1.33. The molecule has 1 N–H and O–H groups in total. The minimum absolute atomic E-state index is 0.810. The van der Waals surface area contributed by atoms with E-state index in [1.54, 1.807) is 5.57 Å². The lowest BCUT2D eigenvalue weighted by atomic mass is 10.0. The first-order valence-corrected chi connectivity index (χ1v) is 3.67. The van der Waals surface area contributed by atoms with Crippen LogP contribution in [0.5, 0.6) is 0 Å². The second-order valence-corrected chi connectivity index (χ2v) is 2.79. The Morgan fingerprint density at radius 1 is 1.56 bits per heavy atom. The highest BCUT2D eigenvalue weighted by atomic mass is 14.9. The largest absolute Gasteiger partial charge is 0.388 e. The van der Waals surface area contributed by atoms with Gasteiger partial charge in [0.25, 0.3) is 0 Å². The summed E-state index contributed by atoms with van der Waals surface area (Å²) < 4.78 is 0. The summed E-state index contributed by atoms with van der Waals surface area (Å²) in [5, 5.41) is 3.35. The predicted octanol–water partition coefficient (Wildman–Crippen LogP) is 1.91. The Labute approximate surface area is 57.1 Å². The van der Waals surface area contributed by atoms with Gasteiger partial charge in [0.1, 0.15) is 0 Å². The molecule has 1 nitrogen and oxygen atoms in total. The van der Waals surface area contributed by atoms with Crippen molar-refractivity contribution >= 4 is 0 Å². The molecule has 9 heavy (non-hydrogen) atoms. The molecular weight excluding hydrogens is 110 g/mol. The lowest BCUT2D eigenvalue weighted by Gasteiger charge is -2.04. The highest BCUT2D eigenvalue weighted by Gasteiger charge is 2.16. The Morgan fingerprint density at radius 3 is 2.44 bits per heavy atom. The molecule has 0 aromatic rings. The van der Waals surface area contributed by atoms with Crippen molar-refractivity contribution in [2.24, 2.45) is 5.92 Å². The van der Waals surface area contributed by atoms with Crippen molar-refractivity contribution in [1.82, 2.24) is 5.32 Å². The molecule has 0 radical (unpaired) electrons. The smallest absolute Gasteiger partial charge is 0.0210 e. The van der Waals surface area contributed by atoms with Crippen LogP contribution in [0.25, 0.3) is 0 Å². The molecule has 1 aliphatic rings.